The van der Waals surface area contributed by atoms with E-state index >= 15 is 0 Å². The summed E-state index contributed by atoms with van der Waals surface area (Å²) in [5.41, 5.74) is 0.332. The molecular formula is C15H30N2O. The van der Waals surface area contributed by atoms with Crippen LogP contribution in [0.25, 0.3) is 0 Å². The van der Waals surface area contributed by atoms with Crippen LogP contribution in [-0.2, 0) is 0 Å². The Morgan fingerprint density at radius 1 is 1.28 bits per heavy atom. The molecule has 0 amide bonds. The van der Waals surface area contributed by atoms with Crippen LogP contribution in [0.5, 0.6) is 0 Å². The van der Waals surface area contributed by atoms with Crippen molar-refractivity contribution in [3.63, 3.8) is 0 Å². The molecule has 1 saturated carbocycles. The molecule has 0 aromatic carbocycles. The first-order chi connectivity index (χ1) is 8.52. The molecule has 1 aliphatic heterocycles. The molecule has 0 spiro atoms. The lowest BCUT2D eigenvalue weighted by Crippen LogP contribution is -2.40. The van der Waals surface area contributed by atoms with E-state index in [1.165, 1.54) is 19.4 Å². The fourth-order valence-electron chi connectivity index (χ4n) is 3.72. The molecule has 3 atom stereocenters. The molecule has 3 heteroatoms. The van der Waals surface area contributed by atoms with Gasteiger partial charge in [0.25, 0.3) is 0 Å². The molecule has 106 valence electrons. The van der Waals surface area contributed by atoms with Gasteiger partial charge >= 0.3 is 0 Å². The SMILES string of the molecule is CCCNCC(C)(C)CN1CC2CCC(O)C2C1. The number of nitrogens with one attached hydrogen (secondary N) is 1. The van der Waals surface area contributed by atoms with E-state index in [2.05, 4.69) is 31.0 Å². The van der Waals surface area contributed by atoms with E-state index in [0.29, 0.717) is 11.3 Å². The molecule has 0 aromatic heterocycles. The third-order valence-electron chi connectivity index (χ3n) is 4.58. The summed E-state index contributed by atoms with van der Waals surface area (Å²) in [6, 6.07) is 0. The number of likely N-dealkylation sites (tertiary alicyclic amines) is 1. The first-order valence-electron chi connectivity index (χ1n) is 7.63. The van der Waals surface area contributed by atoms with Crippen molar-refractivity contribution >= 4 is 0 Å². The zero-order chi connectivity index (χ0) is 13.2. The monoisotopic (exact) mass is 254 g/mol. The second-order valence-corrected chi connectivity index (χ2v) is 7.10. The van der Waals surface area contributed by atoms with Crippen LogP contribution in [0.15, 0.2) is 0 Å². The highest BCUT2D eigenvalue weighted by molar-refractivity contribution is 4.94. The van der Waals surface area contributed by atoms with Gasteiger partial charge in [-0.05, 0) is 37.1 Å². The van der Waals surface area contributed by atoms with Gasteiger partial charge < -0.3 is 15.3 Å². The van der Waals surface area contributed by atoms with Crippen LogP contribution < -0.4 is 5.32 Å². The van der Waals surface area contributed by atoms with Gasteiger partial charge in [-0.1, -0.05) is 20.8 Å². The van der Waals surface area contributed by atoms with Crippen LogP contribution in [0.3, 0.4) is 0 Å². The summed E-state index contributed by atoms with van der Waals surface area (Å²) < 4.78 is 0. The number of fused-ring (bicyclic) bond motifs is 1. The molecular weight excluding hydrogens is 224 g/mol. The summed E-state index contributed by atoms with van der Waals surface area (Å²) in [5.74, 6) is 1.32. The second-order valence-electron chi connectivity index (χ2n) is 7.10. The summed E-state index contributed by atoms with van der Waals surface area (Å²) in [4.78, 5) is 2.57. The molecule has 2 aliphatic rings. The molecule has 1 heterocycles. The maximum absolute atomic E-state index is 9.95. The van der Waals surface area contributed by atoms with E-state index in [1.807, 2.05) is 0 Å². The zero-order valence-corrected chi connectivity index (χ0v) is 12.3. The van der Waals surface area contributed by atoms with Crippen molar-refractivity contribution in [2.75, 3.05) is 32.7 Å². The van der Waals surface area contributed by atoms with E-state index in [1.54, 1.807) is 0 Å². The largest absolute Gasteiger partial charge is 0.393 e. The maximum atomic E-state index is 9.95. The molecule has 2 rings (SSSR count). The van der Waals surface area contributed by atoms with Crippen LogP contribution in [0, 0.1) is 17.3 Å². The van der Waals surface area contributed by atoms with Crippen LogP contribution in [0.2, 0.25) is 0 Å². The van der Waals surface area contributed by atoms with Crippen molar-refractivity contribution in [1.29, 1.82) is 0 Å². The predicted molar refractivity (Wildman–Crippen MR) is 75.6 cm³/mol. The fraction of sp³-hybridized carbons (Fsp3) is 1.00. The number of rotatable bonds is 6. The number of aliphatic hydroxyl groups is 1. The number of aliphatic hydroxyl groups excluding tert-OH is 1. The quantitative estimate of drug-likeness (QED) is 0.708. The normalized spacial score (nSPS) is 33.0. The first-order valence-corrected chi connectivity index (χ1v) is 7.63. The summed E-state index contributed by atoms with van der Waals surface area (Å²) in [7, 11) is 0. The molecule has 3 unspecified atom stereocenters. The lowest BCUT2D eigenvalue weighted by Gasteiger charge is -2.31. The highest BCUT2D eigenvalue weighted by Gasteiger charge is 2.42. The molecule has 2 fully saturated rings. The van der Waals surface area contributed by atoms with Crippen molar-refractivity contribution < 1.29 is 5.11 Å². The summed E-state index contributed by atoms with van der Waals surface area (Å²) in [6.07, 6.45) is 3.44. The van der Waals surface area contributed by atoms with Crippen molar-refractivity contribution in [2.24, 2.45) is 17.3 Å². The van der Waals surface area contributed by atoms with Crippen molar-refractivity contribution in [1.82, 2.24) is 10.2 Å². The minimum Gasteiger partial charge on any atom is -0.393 e. The smallest absolute Gasteiger partial charge is 0.0583 e. The molecule has 0 radical (unpaired) electrons. The lowest BCUT2D eigenvalue weighted by atomic mass is 9.92. The van der Waals surface area contributed by atoms with Gasteiger partial charge in [0, 0.05) is 32.1 Å². The Labute approximate surface area is 112 Å². The Balaban J connectivity index is 1.76. The number of hydrogen-bond donors (Lipinski definition) is 2. The molecule has 2 N–H and O–H groups in total. The van der Waals surface area contributed by atoms with Gasteiger partial charge in [-0.2, -0.15) is 0 Å². The minimum absolute atomic E-state index is 0.0265. The average Bonchev–Trinajstić information content (AvgIpc) is 2.81. The van der Waals surface area contributed by atoms with Crippen LogP contribution in [0.4, 0.5) is 0 Å². The Morgan fingerprint density at radius 2 is 2.06 bits per heavy atom. The third-order valence-corrected chi connectivity index (χ3v) is 4.58. The second kappa shape index (κ2) is 5.89. The van der Waals surface area contributed by atoms with Gasteiger partial charge in [-0.3, -0.25) is 0 Å². The molecule has 0 bridgehead atoms. The van der Waals surface area contributed by atoms with Gasteiger partial charge in [0.05, 0.1) is 6.10 Å². The first kappa shape index (κ1) is 14.3. The molecule has 1 aliphatic carbocycles. The number of hydrogen-bond acceptors (Lipinski definition) is 3. The average molecular weight is 254 g/mol. The lowest BCUT2D eigenvalue weighted by molar-refractivity contribution is 0.117. The van der Waals surface area contributed by atoms with E-state index in [4.69, 9.17) is 0 Å². The van der Waals surface area contributed by atoms with E-state index in [9.17, 15) is 5.11 Å². The van der Waals surface area contributed by atoms with Gasteiger partial charge in [0.15, 0.2) is 0 Å². The van der Waals surface area contributed by atoms with Crippen LogP contribution >= 0.6 is 0 Å². The Kier molecular flexibility index (Phi) is 4.68. The van der Waals surface area contributed by atoms with E-state index < -0.39 is 0 Å². The Hall–Kier alpha value is -0.120. The van der Waals surface area contributed by atoms with Gasteiger partial charge in [0.2, 0.25) is 0 Å². The van der Waals surface area contributed by atoms with E-state index in [0.717, 1.165) is 38.5 Å². The highest BCUT2D eigenvalue weighted by Crippen LogP contribution is 2.38. The van der Waals surface area contributed by atoms with E-state index in [-0.39, 0.29) is 6.10 Å². The predicted octanol–water partition coefficient (Wildman–Crippen LogP) is 1.71. The topological polar surface area (TPSA) is 35.5 Å². The summed E-state index contributed by atoms with van der Waals surface area (Å²) in [6.45, 7) is 12.6. The highest BCUT2D eigenvalue weighted by atomic mass is 16.3. The van der Waals surface area contributed by atoms with Crippen molar-refractivity contribution in [3.05, 3.63) is 0 Å². The standard InChI is InChI=1S/C15H30N2O/c1-4-7-16-10-15(2,3)11-17-8-12-5-6-14(18)13(12)9-17/h12-14,16,18H,4-11H2,1-3H3. The summed E-state index contributed by atoms with van der Waals surface area (Å²) >= 11 is 0. The maximum Gasteiger partial charge on any atom is 0.0583 e. The molecule has 18 heavy (non-hydrogen) atoms. The third kappa shape index (κ3) is 3.46. The van der Waals surface area contributed by atoms with Gasteiger partial charge in [-0.25, -0.2) is 0 Å². The van der Waals surface area contributed by atoms with Gasteiger partial charge in [-0.15, -0.1) is 0 Å². The molecule has 0 aromatic rings. The van der Waals surface area contributed by atoms with Crippen molar-refractivity contribution in [2.45, 2.75) is 46.1 Å². The fourth-order valence-corrected chi connectivity index (χ4v) is 3.72. The zero-order valence-electron chi connectivity index (χ0n) is 12.3. The summed E-state index contributed by atoms with van der Waals surface area (Å²) in [5, 5.41) is 13.5. The van der Waals surface area contributed by atoms with Crippen LogP contribution in [0.1, 0.15) is 40.0 Å². The molecule has 3 nitrogen and oxygen atoms in total. The van der Waals surface area contributed by atoms with Crippen molar-refractivity contribution in [3.8, 4) is 0 Å². The Morgan fingerprint density at radius 3 is 2.72 bits per heavy atom. The molecule has 1 saturated heterocycles. The van der Waals surface area contributed by atoms with Crippen LogP contribution in [-0.4, -0.2) is 48.8 Å². The Bertz CT molecular complexity index is 267. The van der Waals surface area contributed by atoms with Gasteiger partial charge in [0.1, 0.15) is 0 Å². The minimum atomic E-state index is -0.0265. The number of nitrogens with zero attached hydrogens (tertiary/aromatic N) is 1.